The Labute approximate surface area is 122 Å². The number of halogens is 1. The van der Waals surface area contributed by atoms with Crippen molar-refractivity contribution in [1.82, 2.24) is 10.2 Å². The third-order valence-electron chi connectivity index (χ3n) is 4.36. The Kier molecular flexibility index (Phi) is 5.55. The van der Waals surface area contributed by atoms with Gasteiger partial charge in [-0.3, -0.25) is 4.90 Å². The Balaban J connectivity index is 2.36. The monoisotopic (exact) mass is 278 g/mol. The molecule has 1 heterocycles. The molecule has 1 N–H and O–H groups in total. The number of benzene rings is 1. The van der Waals surface area contributed by atoms with Gasteiger partial charge in [-0.05, 0) is 70.4 Å². The molecule has 2 unspecified atom stereocenters. The fraction of sp³-hybridized carbons (Fsp3) is 0.647. The molecular weight excluding hydrogens is 251 g/mol. The van der Waals surface area contributed by atoms with Crippen LogP contribution in [0.25, 0.3) is 0 Å². The Hall–Kier alpha value is -0.930. The van der Waals surface area contributed by atoms with Crippen molar-refractivity contribution in [2.45, 2.75) is 45.2 Å². The Morgan fingerprint density at radius 2 is 2.15 bits per heavy atom. The average Bonchev–Trinajstić information content (AvgIpc) is 2.61. The minimum absolute atomic E-state index is 0.126. The molecule has 2 atom stereocenters. The molecule has 2 nitrogen and oxygen atoms in total. The van der Waals surface area contributed by atoms with Gasteiger partial charge in [0.15, 0.2) is 0 Å². The molecule has 3 heteroatoms. The zero-order chi connectivity index (χ0) is 14.5. The van der Waals surface area contributed by atoms with E-state index < -0.39 is 0 Å². The minimum Gasteiger partial charge on any atom is -0.319 e. The van der Waals surface area contributed by atoms with Crippen LogP contribution in [0.4, 0.5) is 4.39 Å². The van der Waals surface area contributed by atoms with Gasteiger partial charge in [0, 0.05) is 12.1 Å². The molecule has 0 spiro atoms. The van der Waals surface area contributed by atoms with Crippen molar-refractivity contribution in [3.8, 4) is 0 Å². The van der Waals surface area contributed by atoms with E-state index in [4.69, 9.17) is 0 Å². The summed E-state index contributed by atoms with van der Waals surface area (Å²) in [5, 5.41) is 3.32. The molecule has 1 fully saturated rings. The largest absolute Gasteiger partial charge is 0.319 e. The molecule has 0 bridgehead atoms. The number of likely N-dealkylation sites (tertiary alicyclic amines) is 1. The molecule has 1 aromatic rings. The zero-order valence-electron chi connectivity index (χ0n) is 12.9. The molecule has 0 aliphatic carbocycles. The Bertz CT molecular complexity index is 419. The standard InChI is InChI=1S/C17H27FN2/c1-13(2)20-10-5-4-7-15(12-19-3)17(20)14-8-6-9-16(18)11-14/h6,8-9,11,13,15,17,19H,4-5,7,10,12H2,1-3H3. The second kappa shape index (κ2) is 7.19. The van der Waals surface area contributed by atoms with Gasteiger partial charge in [0.1, 0.15) is 5.82 Å². The van der Waals surface area contributed by atoms with Crippen LogP contribution in [0.1, 0.15) is 44.7 Å². The number of hydrogen-bond acceptors (Lipinski definition) is 2. The number of nitrogens with one attached hydrogen (secondary N) is 1. The first kappa shape index (κ1) is 15.5. The number of rotatable bonds is 4. The Morgan fingerprint density at radius 3 is 2.80 bits per heavy atom. The molecule has 20 heavy (non-hydrogen) atoms. The third kappa shape index (κ3) is 3.58. The van der Waals surface area contributed by atoms with Gasteiger partial charge >= 0.3 is 0 Å². The topological polar surface area (TPSA) is 15.3 Å². The first-order valence-electron chi connectivity index (χ1n) is 7.79. The molecule has 2 rings (SSSR count). The molecule has 1 aliphatic heterocycles. The smallest absolute Gasteiger partial charge is 0.123 e. The second-order valence-corrected chi connectivity index (χ2v) is 6.14. The van der Waals surface area contributed by atoms with Crippen molar-refractivity contribution in [1.29, 1.82) is 0 Å². The van der Waals surface area contributed by atoms with Gasteiger partial charge in [-0.15, -0.1) is 0 Å². The third-order valence-corrected chi connectivity index (χ3v) is 4.36. The van der Waals surface area contributed by atoms with Crippen molar-refractivity contribution >= 4 is 0 Å². The summed E-state index contributed by atoms with van der Waals surface area (Å²) in [5.74, 6) is 0.422. The highest BCUT2D eigenvalue weighted by Crippen LogP contribution is 2.36. The molecule has 1 aromatic carbocycles. The van der Waals surface area contributed by atoms with Crippen molar-refractivity contribution in [3.63, 3.8) is 0 Å². The van der Waals surface area contributed by atoms with Gasteiger partial charge in [0.2, 0.25) is 0 Å². The molecule has 0 aromatic heterocycles. The van der Waals surface area contributed by atoms with Crippen molar-refractivity contribution in [2.24, 2.45) is 5.92 Å². The fourth-order valence-corrected chi connectivity index (χ4v) is 3.48. The van der Waals surface area contributed by atoms with E-state index in [2.05, 4.69) is 30.1 Å². The van der Waals surface area contributed by atoms with Gasteiger partial charge in [-0.1, -0.05) is 18.6 Å². The van der Waals surface area contributed by atoms with Crippen LogP contribution >= 0.6 is 0 Å². The van der Waals surface area contributed by atoms with Gasteiger partial charge in [-0.2, -0.15) is 0 Å². The van der Waals surface area contributed by atoms with Gasteiger partial charge in [-0.25, -0.2) is 4.39 Å². The van der Waals surface area contributed by atoms with Crippen LogP contribution in [0.5, 0.6) is 0 Å². The van der Waals surface area contributed by atoms with Crippen LogP contribution in [-0.4, -0.2) is 31.1 Å². The highest BCUT2D eigenvalue weighted by atomic mass is 19.1. The van der Waals surface area contributed by atoms with E-state index in [1.807, 2.05) is 13.1 Å². The first-order valence-corrected chi connectivity index (χ1v) is 7.79. The van der Waals surface area contributed by atoms with E-state index >= 15 is 0 Å². The second-order valence-electron chi connectivity index (χ2n) is 6.14. The van der Waals surface area contributed by atoms with E-state index in [0.29, 0.717) is 18.0 Å². The Morgan fingerprint density at radius 1 is 1.35 bits per heavy atom. The maximum atomic E-state index is 13.6. The summed E-state index contributed by atoms with van der Waals surface area (Å²) in [5.41, 5.74) is 1.13. The summed E-state index contributed by atoms with van der Waals surface area (Å²) in [7, 11) is 2.01. The van der Waals surface area contributed by atoms with Crippen molar-refractivity contribution < 1.29 is 4.39 Å². The van der Waals surface area contributed by atoms with E-state index in [1.54, 1.807) is 6.07 Å². The van der Waals surface area contributed by atoms with E-state index in [0.717, 1.165) is 18.7 Å². The van der Waals surface area contributed by atoms with Crippen LogP contribution in [0, 0.1) is 11.7 Å². The van der Waals surface area contributed by atoms with Crippen molar-refractivity contribution in [2.75, 3.05) is 20.1 Å². The zero-order valence-corrected chi connectivity index (χ0v) is 12.9. The molecule has 1 aliphatic rings. The van der Waals surface area contributed by atoms with E-state index in [1.165, 1.54) is 25.3 Å². The lowest BCUT2D eigenvalue weighted by Crippen LogP contribution is -2.40. The predicted octanol–water partition coefficient (Wildman–Crippen LogP) is 3.60. The number of hydrogen-bond donors (Lipinski definition) is 1. The highest BCUT2D eigenvalue weighted by Gasteiger charge is 2.32. The summed E-state index contributed by atoms with van der Waals surface area (Å²) in [6, 6.07) is 7.98. The van der Waals surface area contributed by atoms with Crippen molar-refractivity contribution in [3.05, 3.63) is 35.6 Å². The van der Waals surface area contributed by atoms with E-state index in [-0.39, 0.29) is 5.82 Å². The SMILES string of the molecule is CNCC1CCCCN(C(C)C)C1c1cccc(F)c1. The summed E-state index contributed by atoms with van der Waals surface area (Å²) in [6.45, 7) is 6.59. The predicted molar refractivity (Wildman–Crippen MR) is 82.3 cm³/mol. The lowest BCUT2D eigenvalue weighted by Gasteiger charge is -2.38. The molecule has 0 amide bonds. The van der Waals surface area contributed by atoms with Crippen LogP contribution in [0.2, 0.25) is 0 Å². The molecule has 112 valence electrons. The maximum Gasteiger partial charge on any atom is 0.123 e. The van der Waals surface area contributed by atoms with Crippen LogP contribution in [0.15, 0.2) is 24.3 Å². The fourth-order valence-electron chi connectivity index (χ4n) is 3.48. The molecule has 0 radical (unpaired) electrons. The average molecular weight is 278 g/mol. The molecule has 1 saturated heterocycles. The molecular formula is C17H27FN2. The molecule has 0 saturated carbocycles. The van der Waals surface area contributed by atoms with Crippen LogP contribution in [0.3, 0.4) is 0 Å². The normalized spacial score (nSPS) is 24.9. The van der Waals surface area contributed by atoms with Gasteiger partial charge in [0.25, 0.3) is 0 Å². The maximum absolute atomic E-state index is 13.6. The summed E-state index contributed by atoms with van der Waals surface area (Å²) in [4.78, 5) is 2.55. The van der Waals surface area contributed by atoms with Gasteiger partial charge in [0.05, 0.1) is 0 Å². The van der Waals surface area contributed by atoms with E-state index in [9.17, 15) is 4.39 Å². The summed E-state index contributed by atoms with van der Waals surface area (Å²) < 4.78 is 13.6. The summed E-state index contributed by atoms with van der Waals surface area (Å²) in [6.07, 6.45) is 3.72. The number of nitrogens with zero attached hydrogens (tertiary/aromatic N) is 1. The lowest BCUT2D eigenvalue weighted by molar-refractivity contribution is 0.118. The quantitative estimate of drug-likeness (QED) is 0.905. The first-order chi connectivity index (χ1) is 9.63. The van der Waals surface area contributed by atoms with Crippen LogP contribution in [-0.2, 0) is 0 Å². The summed E-state index contributed by atoms with van der Waals surface area (Å²) >= 11 is 0. The van der Waals surface area contributed by atoms with Crippen LogP contribution < -0.4 is 5.32 Å². The minimum atomic E-state index is -0.126. The lowest BCUT2D eigenvalue weighted by atomic mass is 9.88. The van der Waals surface area contributed by atoms with Gasteiger partial charge < -0.3 is 5.32 Å². The highest BCUT2D eigenvalue weighted by molar-refractivity contribution is 5.22.